The Kier molecular flexibility index (Phi) is 6.88. The van der Waals surface area contributed by atoms with E-state index in [2.05, 4.69) is 22.5 Å². The molecule has 1 amide bonds. The van der Waals surface area contributed by atoms with Gasteiger partial charge < -0.3 is 10.6 Å². The smallest absolute Gasteiger partial charge is 0.269 e. The minimum absolute atomic E-state index is 0.128. The van der Waals surface area contributed by atoms with Gasteiger partial charge in [0.2, 0.25) is 0 Å². The fraction of sp³-hybridized carbons (Fsp3) is 0.333. The van der Waals surface area contributed by atoms with Crippen LogP contribution in [0.15, 0.2) is 42.6 Å². The topological polar surface area (TPSA) is 54.0 Å². The molecule has 0 spiro atoms. The zero-order valence-electron chi connectivity index (χ0n) is 13.3. The van der Waals surface area contributed by atoms with Crippen LogP contribution in [0.5, 0.6) is 0 Å². The molecular weight excluding hydrogens is 310 g/mol. The molecule has 1 heterocycles. The Morgan fingerprint density at radius 1 is 1.17 bits per heavy atom. The van der Waals surface area contributed by atoms with E-state index >= 15 is 0 Å². The second-order valence-corrected chi connectivity index (χ2v) is 5.81. The van der Waals surface area contributed by atoms with Crippen molar-refractivity contribution in [1.82, 2.24) is 10.3 Å². The van der Waals surface area contributed by atoms with Crippen molar-refractivity contribution in [2.24, 2.45) is 0 Å². The number of pyridine rings is 1. The van der Waals surface area contributed by atoms with E-state index in [0.717, 1.165) is 35.5 Å². The molecule has 0 atom stereocenters. The van der Waals surface area contributed by atoms with Gasteiger partial charge in [-0.1, -0.05) is 43.5 Å². The average Bonchev–Trinajstić information content (AvgIpc) is 2.58. The Labute approximate surface area is 142 Å². The van der Waals surface area contributed by atoms with Gasteiger partial charge in [0.05, 0.1) is 0 Å². The summed E-state index contributed by atoms with van der Waals surface area (Å²) in [4.78, 5) is 16.2. The standard InChI is InChI=1S/C18H22ClN3O/c1-2-3-4-10-21-18(23)17-12-16(9-11-20-17)22-13-14-5-7-15(19)8-6-14/h5-9,11-12H,2-4,10,13H2,1H3,(H,20,22)(H,21,23). The van der Waals surface area contributed by atoms with E-state index < -0.39 is 0 Å². The first-order valence-corrected chi connectivity index (χ1v) is 8.29. The van der Waals surface area contributed by atoms with Gasteiger partial charge in [0.25, 0.3) is 5.91 Å². The van der Waals surface area contributed by atoms with Crippen molar-refractivity contribution in [2.75, 3.05) is 11.9 Å². The van der Waals surface area contributed by atoms with Crippen molar-refractivity contribution in [3.8, 4) is 0 Å². The molecule has 23 heavy (non-hydrogen) atoms. The first-order valence-electron chi connectivity index (χ1n) is 7.91. The van der Waals surface area contributed by atoms with E-state index in [9.17, 15) is 4.79 Å². The summed E-state index contributed by atoms with van der Waals surface area (Å²) in [6.45, 7) is 3.49. The first kappa shape index (κ1) is 17.3. The SMILES string of the molecule is CCCCCNC(=O)c1cc(NCc2ccc(Cl)cc2)ccn1. The highest BCUT2D eigenvalue weighted by Crippen LogP contribution is 2.13. The summed E-state index contributed by atoms with van der Waals surface area (Å²) in [7, 11) is 0. The summed E-state index contributed by atoms with van der Waals surface area (Å²) < 4.78 is 0. The Balaban J connectivity index is 1.88. The maximum absolute atomic E-state index is 12.1. The van der Waals surface area contributed by atoms with Gasteiger partial charge in [-0.2, -0.15) is 0 Å². The number of aromatic nitrogens is 1. The van der Waals surface area contributed by atoms with Gasteiger partial charge in [-0.3, -0.25) is 9.78 Å². The number of halogens is 1. The Morgan fingerprint density at radius 3 is 2.70 bits per heavy atom. The molecule has 0 saturated heterocycles. The molecule has 2 rings (SSSR count). The number of carbonyl (C=O) groups excluding carboxylic acids is 1. The lowest BCUT2D eigenvalue weighted by Crippen LogP contribution is -2.25. The molecule has 1 aromatic heterocycles. The van der Waals surface area contributed by atoms with Gasteiger partial charge in [-0.15, -0.1) is 0 Å². The number of hydrogen-bond donors (Lipinski definition) is 2. The molecule has 4 nitrogen and oxygen atoms in total. The molecule has 0 aliphatic rings. The molecule has 2 N–H and O–H groups in total. The van der Waals surface area contributed by atoms with E-state index in [1.165, 1.54) is 0 Å². The summed E-state index contributed by atoms with van der Waals surface area (Å²) in [5, 5.41) is 6.91. The largest absolute Gasteiger partial charge is 0.381 e. The molecular formula is C18H22ClN3O. The highest BCUT2D eigenvalue weighted by molar-refractivity contribution is 6.30. The molecule has 0 bridgehead atoms. The maximum Gasteiger partial charge on any atom is 0.269 e. The number of amides is 1. The quantitative estimate of drug-likeness (QED) is 0.710. The summed E-state index contributed by atoms with van der Waals surface area (Å²) >= 11 is 5.87. The highest BCUT2D eigenvalue weighted by atomic mass is 35.5. The summed E-state index contributed by atoms with van der Waals surface area (Å²) in [6.07, 6.45) is 4.90. The predicted octanol–water partition coefficient (Wildman–Crippen LogP) is 4.27. The normalized spacial score (nSPS) is 10.3. The van der Waals surface area contributed by atoms with Gasteiger partial charge in [0.15, 0.2) is 0 Å². The summed E-state index contributed by atoms with van der Waals surface area (Å²) in [6, 6.07) is 11.3. The number of anilines is 1. The number of hydrogen-bond acceptors (Lipinski definition) is 3. The fourth-order valence-corrected chi connectivity index (χ4v) is 2.26. The average molecular weight is 332 g/mol. The second kappa shape index (κ2) is 9.16. The van der Waals surface area contributed by atoms with Crippen molar-refractivity contribution < 1.29 is 4.79 Å². The number of nitrogens with one attached hydrogen (secondary N) is 2. The van der Waals surface area contributed by atoms with Crippen LogP contribution in [0.4, 0.5) is 5.69 Å². The van der Waals surface area contributed by atoms with Crippen molar-refractivity contribution >= 4 is 23.2 Å². The molecule has 1 aromatic carbocycles. The summed E-state index contributed by atoms with van der Waals surface area (Å²) in [5.74, 6) is -0.128. The molecule has 2 aromatic rings. The third kappa shape index (κ3) is 5.91. The van der Waals surface area contributed by atoms with Crippen LogP contribution in [0.2, 0.25) is 5.02 Å². The maximum atomic E-state index is 12.1. The van der Waals surface area contributed by atoms with E-state index in [-0.39, 0.29) is 5.91 Å². The lowest BCUT2D eigenvalue weighted by Gasteiger charge is -2.09. The molecule has 0 aliphatic heterocycles. The van der Waals surface area contributed by atoms with Crippen LogP contribution in [0.25, 0.3) is 0 Å². The molecule has 0 aliphatic carbocycles. The minimum Gasteiger partial charge on any atom is -0.381 e. The second-order valence-electron chi connectivity index (χ2n) is 5.37. The van der Waals surface area contributed by atoms with Gasteiger partial charge >= 0.3 is 0 Å². The van der Waals surface area contributed by atoms with Crippen LogP contribution >= 0.6 is 11.6 Å². The molecule has 0 saturated carbocycles. The third-order valence-electron chi connectivity index (χ3n) is 3.47. The molecule has 5 heteroatoms. The van der Waals surface area contributed by atoms with Crippen LogP contribution in [0.3, 0.4) is 0 Å². The van der Waals surface area contributed by atoms with Crippen molar-refractivity contribution in [2.45, 2.75) is 32.7 Å². The van der Waals surface area contributed by atoms with E-state index in [1.807, 2.05) is 30.3 Å². The van der Waals surface area contributed by atoms with Gasteiger partial charge in [0, 0.05) is 30.0 Å². The molecule has 122 valence electrons. The number of nitrogens with zero attached hydrogens (tertiary/aromatic N) is 1. The van der Waals surface area contributed by atoms with Crippen LogP contribution in [-0.4, -0.2) is 17.4 Å². The van der Waals surface area contributed by atoms with Gasteiger partial charge in [-0.05, 0) is 36.2 Å². The Bertz CT molecular complexity index is 628. The lowest BCUT2D eigenvalue weighted by atomic mass is 10.2. The Morgan fingerprint density at radius 2 is 1.96 bits per heavy atom. The van der Waals surface area contributed by atoms with E-state index in [1.54, 1.807) is 12.3 Å². The molecule has 0 fully saturated rings. The zero-order chi connectivity index (χ0) is 16.5. The van der Waals surface area contributed by atoms with Crippen molar-refractivity contribution in [1.29, 1.82) is 0 Å². The number of unbranched alkanes of at least 4 members (excludes halogenated alkanes) is 2. The van der Waals surface area contributed by atoms with Crippen LogP contribution in [0, 0.1) is 0 Å². The fourth-order valence-electron chi connectivity index (χ4n) is 2.14. The number of rotatable bonds is 8. The molecule has 0 radical (unpaired) electrons. The first-order chi connectivity index (χ1) is 11.2. The van der Waals surface area contributed by atoms with Crippen LogP contribution < -0.4 is 10.6 Å². The minimum atomic E-state index is -0.128. The number of benzene rings is 1. The van der Waals surface area contributed by atoms with Crippen molar-refractivity contribution in [3.63, 3.8) is 0 Å². The van der Waals surface area contributed by atoms with Crippen LogP contribution in [-0.2, 0) is 6.54 Å². The summed E-state index contributed by atoms with van der Waals surface area (Å²) in [5.41, 5.74) is 2.42. The Hall–Kier alpha value is -2.07. The lowest BCUT2D eigenvalue weighted by molar-refractivity contribution is 0.0948. The predicted molar refractivity (Wildman–Crippen MR) is 94.9 cm³/mol. The monoisotopic (exact) mass is 331 g/mol. The van der Waals surface area contributed by atoms with Gasteiger partial charge in [-0.25, -0.2) is 0 Å². The van der Waals surface area contributed by atoms with E-state index in [0.29, 0.717) is 18.8 Å². The highest BCUT2D eigenvalue weighted by Gasteiger charge is 2.07. The third-order valence-corrected chi connectivity index (χ3v) is 3.72. The van der Waals surface area contributed by atoms with Crippen LogP contribution in [0.1, 0.15) is 42.2 Å². The van der Waals surface area contributed by atoms with E-state index in [4.69, 9.17) is 11.6 Å². The van der Waals surface area contributed by atoms with Gasteiger partial charge in [0.1, 0.15) is 5.69 Å². The number of carbonyl (C=O) groups is 1. The van der Waals surface area contributed by atoms with Crippen molar-refractivity contribution in [3.05, 3.63) is 58.9 Å². The molecule has 0 unspecified atom stereocenters. The zero-order valence-corrected chi connectivity index (χ0v) is 14.1.